The number of fused-ring (bicyclic) bond motifs is 1. The summed E-state index contributed by atoms with van der Waals surface area (Å²) in [4.78, 5) is 4.26. The predicted molar refractivity (Wildman–Crippen MR) is 82.5 cm³/mol. The minimum absolute atomic E-state index is 0.239. The molecule has 4 nitrogen and oxygen atoms in total. The normalized spacial score (nSPS) is 11.3. The van der Waals surface area contributed by atoms with Crippen LogP contribution in [0.3, 0.4) is 0 Å². The van der Waals surface area contributed by atoms with Crippen LogP contribution in [-0.2, 0) is 11.3 Å². The Labute approximate surface area is 125 Å². The summed E-state index contributed by atoms with van der Waals surface area (Å²) in [5.41, 5.74) is 7.36. The number of benzene rings is 1. The van der Waals surface area contributed by atoms with Crippen LogP contribution in [0, 0.1) is 9.39 Å². The van der Waals surface area contributed by atoms with Crippen LogP contribution in [0.4, 0.5) is 10.3 Å². The van der Waals surface area contributed by atoms with E-state index in [0.29, 0.717) is 22.7 Å². The lowest BCUT2D eigenvalue weighted by molar-refractivity contribution is 0.129. The lowest BCUT2D eigenvalue weighted by Gasteiger charge is -2.07. The lowest BCUT2D eigenvalue weighted by Crippen LogP contribution is -2.06. The second-order valence-corrected chi connectivity index (χ2v) is 5.50. The molecule has 1 aromatic heterocycles. The van der Waals surface area contributed by atoms with Crippen molar-refractivity contribution >= 4 is 39.6 Å². The van der Waals surface area contributed by atoms with Gasteiger partial charge in [-0.25, -0.2) is 9.37 Å². The molecule has 0 aliphatic heterocycles. The Hall–Kier alpha value is -0.890. The fourth-order valence-corrected chi connectivity index (χ4v) is 2.40. The van der Waals surface area contributed by atoms with Crippen LogP contribution in [0.1, 0.15) is 19.8 Å². The third-order valence-corrected chi connectivity index (χ3v) is 3.67. The number of ether oxygens (including phenoxy) is 1. The molecule has 2 rings (SSSR count). The van der Waals surface area contributed by atoms with Gasteiger partial charge in [0.15, 0.2) is 0 Å². The predicted octanol–water partition coefficient (Wildman–Crippen LogP) is 3.18. The average Bonchev–Trinajstić information content (AvgIpc) is 2.66. The summed E-state index contributed by atoms with van der Waals surface area (Å²) in [5, 5.41) is 0. The number of imidazole rings is 1. The summed E-state index contributed by atoms with van der Waals surface area (Å²) in [5.74, 6) is 0.184. The zero-order valence-corrected chi connectivity index (χ0v) is 13.0. The Morgan fingerprint density at radius 2 is 2.21 bits per heavy atom. The third-order valence-electron chi connectivity index (χ3n) is 2.84. The second kappa shape index (κ2) is 6.51. The monoisotopic (exact) mass is 377 g/mol. The smallest absolute Gasteiger partial charge is 0.201 e. The molecule has 0 bridgehead atoms. The zero-order valence-electron chi connectivity index (χ0n) is 10.8. The molecule has 1 aromatic carbocycles. The molecule has 0 atom stereocenters. The number of hydrogen-bond acceptors (Lipinski definition) is 3. The number of aromatic nitrogens is 2. The Kier molecular flexibility index (Phi) is 4.98. The number of rotatable bonds is 6. The van der Waals surface area contributed by atoms with Crippen molar-refractivity contribution in [1.29, 1.82) is 0 Å². The minimum Gasteiger partial charge on any atom is -0.381 e. The van der Waals surface area contributed by atoms with E-state index in [1.165, 1.54) is 6.07 Å². The Bertz CT molecular complexity index is 571. The van der Waals surface area contributed by atoms with Crippen LogP contribution in [0.15, 0.2) is 12.1 Å². The maximum absolute atomic E-state index is 13.6. The maximum Gasteiger partial charge on any atom is 0.201 e. The molecule has 0 radical (unpaired) electrons. The molecule has 0 aliphatic rings. The van der Waals surface area contributed by atoms with Crippen LogP contribution in [0.5, 0.6) is 0 Å². The first-order valence-corrected chi connectivity index (χ1v) is 7.40. The molecule has 104 valence electrons. The van der Waals surface area contributed by atoms with Gasteiger partial charge in [-0.2, -0.15) is 0 Å². The van der Waals surface area contributed by atoms with Gasteiger partial charge in [-0.1, -0.05) is 6.92 Å². The van der Waals surface area contributed by atoms with Gasteiger partial charge < -0.3 is 15.0 Å². The van der Waals surface area contributed by atoms with E-state index < -0.39 is 0 Å². The molecule has 0 aliphatic carbocycles. The molecule has 0 unspecified atom stereocenters. The van der Waals surface area contributed by atoms with Crippen molar-refractivity contribution < 1.29 is 9.13 Å². The van der Waals surface area contributed by atoms with E-state index in [1.54, 1.807) is 6.07 Å². The highest BCUT2D eigenvalue weighted by Gasteiger charge is 2.11. The molecule has 6 heteroatoms. The molecule has 0 saturated carbocycles. The number of hydrogen-bond donors (Lipinski definition) is 1. The molecule has 2 aromatic rings. The van der Waals surface area contributed by atoms with E-state index in [2.05, 4.69) is 11.9 Å². The Morgan fingerprint density at radius 3 is 2.95 bits per heavy atom. The maximum atomic E-state index is 13.6. The topological polar surface area (TPSA) is 53.1 Å². The third kappa shape index (κ3) is 3.36. The van der Waals surface area contributed by atoms with E-state index in [4.69, 9.17) is 10.5 Å². The number of nitrogens with two attached hydrogens (primary N) is 1. The molecule has 2 N–H and O–H groups in total. The summed E-state index contributed by atoms with van der Waals surface area (Å²) < 4.78 is 21.4. The van der Waals surface area contributed by atoms with Crippen molar-refractivity contribution in [3.8, 4) is 0 Å². The van der Waals surface area contributed by atoms with Gasteiger partial charge >= 0.3 is 0 Å². The highest BCUT2D eigenvalue weighted by Crippen LogP contribution is 2.23. The van der Waals surface area contributed by atoms with Gasteiger partial charge in [0.1, 0.15) is 5.82 Å². The molecule has 0 fully saturated rings. The summed E-state index contributed by atoms with van der Waals surface area (Å²) in [6, 6.07) is 3.21. The number of anilines is 1. The lowest BCUT2D eigenvalue weighted by atomic mass is 10.3. The Morgan fingerprint density at radius 1 is 1.42 bits per heavy atom. The fraction of sp³-hybridized carbons (Fsp3) is 0.462. The van der Waals surface area contributed by atoms with E-state index in [1.807, 2.05) is 27.2 Å². The molecule has 19 heavy (non-hydrogen) atoms. The number of nitrogen functional groups attached to an aromatic ring is 1. The quantitative estimate of drug-likeness (QED) is 0.622. The van der Waals surface area contributed by atoms with Crippen LogP contribution >= 0.6 is 22.6 Å². The van der Waals surface area contributed by atoms with Crippen molar-refractivity contribution in [3.05, 3.63) is 21.5 Å². The van der Waals surface area contributed by atoms with Crippen molar-refractivity contribution in [2.45, 2.75) is 26.3 Å². The molecular formula is C13H17FIN3O. The van der Waals surface area contributed by atoms with Crippen LogP contribution in [0.2, 0.25) is 0 Å². The van der Waals surface area contributed by atoms with Gasteiger partial charge in [-0.3, -0.25) is 0 Å². The molecular weight excluding hydrogens is 360 g/mol. The number of nitrogens with zero attached hydrogens (tertiary/aromatic N) is 2. The number of aryl methyl sites for hydroxylation is 1. The SMILES string of the molecule is CCCOCCCn1c(N)nc2cc(I)c(F)cc21. The van der Waals surface area contributed by atoms with Crippen molar-refractivity contribution in [3.63, 3.8) is 0 Å². The largest absolute Gasteiger partial charge is 0.381 e. The number of halogens is 2. The van der Waals surface area contributed by atoms with Gasteiger partial charge in [-0.15, -0.1) is 0 Å². The Balaban J connectivity index is 2.13. The van der Waals surface area contributed by atoms with Gasteiger partial charge in [-0.05, 0) is 41.5 Å². The first kappa shape index (κ1) is 14.5. The first-order valence-electron chi connectivity index (χ1n) is 6.32. The highest BCUT2D eigenvalue weighted by molar-refractivity contribution is 14.1. The minimum atomic E-state index is -0.239. The van der Waals surface area contributed by atoms with Crippen molar-refractivity contribution in [1.82, 2.24) is 9.55 Å². The summed E-state index contributed by atoms with van der Waals surface area (Å²) in [6.07, 6.45) is 1.85. The summed E-state index contributed by atoms with van der Waals surface area (Å²) in [6.45, 7) is 4.21. The van der Waals surface area contributed by atoms with E-state index in [9.17, 15) is 4.39 Å². The van der Waals surface area contributed by atoms with Crippen molar-refractivity contribution in [2.75, 3.05) is 18.9 Å². The highest BCUT2D eigenvalue weighted by atomic mass is 127. The van der Waals surface area contributed by atoms with Crippen LogP contribution in [0.25, 0.3) is 11.0 Å². The molecule has 0 spiro atoms. The van der Waals surface area contributed by atoms with Gasteiger partial charge in [0.25, 0.3) is 0 Å². The van der Waals surface area contributed by atoms with E-state index >= 15 is 0 Å². The van der Waals surface area contributed by atoms with E-state index in [0.717, 1.165) is 30.5 Å². The standard InChI is InChI=1S/C13H17FIN3O/c1-2-5-19-6-3-4-18-12-7-9(14)10(15)8-11(12)17-13(18)16/h7-8H,2-6H2,1H3,(H2,16,17). The van der Waals surface area contributed by atoms with Gasteiger partial charge in [0.2, 0.25) is 5.95 Å². The fourth-order valence-electron chi connectivity index (χ4n) is 1.94. The zero-order chi connectivity index (χ0) is 13.8. The van der Waals surface area contributed by atoms with Gasteiger partial charge in [0, 0.05) is 25.8 Å². The summed E-state index contributed by atoms with van der Waals surface area (Å²) in [7, 11) is 0. The average molecular weight is 377 g/mol. The first-order chi connectivity index (χ1) is 9.13. The van der Waals surface area contributed by atoms with E-state index in [-0.39, 0.29) is 5.82 Å². The van der Waals surface area contributed by atoms with Crippen LogP contribution < -0.4 is 5.73 Å². The molecule has 0 amide bonds. The molecule has 0 saturated heterocycles. The van der Waals surface area contributed by atoms with Crippen molar-refractivity contribution in [2.24, 2.45) is 0 Å². The second-order valence-electron chi connectivity index (χ2n) is 4.34. The summed E-state index contributed by atoms with van der Waals surface area (Å²) >= 11 is 1.95. The van der Waals surface area contributed by atoms with Crippen LogP contribution in [-0.4, -0.2) is 22.8 Å². The van der Waals surface area contributed by atoms with Gasteiger partial charge in [0.05, 0.1) is 14.6 Å². The molecule has 1 heterocycles.